The van der Waals surface area contributed by atoms with E-state index < -0.39 is 17.8 Å². The lowest BCUT2D eigenvalue weighted by Gasteiger charge is -2.18. The van der Waals surface area contributed by atoms with Crippen LogP contribution in [-0.2, 0) is 9.59 Å². The summed E-state index contributed by atoms with van der Waals surface area (Å²) in [5, 5.41) is 0. The molecule has 9 heteroatoms. The van der Waals surface area contributed by atoms with E-state index in [9.17, 15) is 14.4 Å². The van der Waals surface area contributed by atoms with Gasteiger partial charge in [0.25, 0.3) is 0 Å². The molecular formula is C24H28N2O7. The summed E-state index contributed by atoms with van der Waals surface area (Å²) in [6, 6.07) is 10.9. The quantitative estimate of drug-likeness (QED) is 0.355. The molecule has 0 saturated carbocycles. The van der Waals surface area contributed by atoms with Crippen molar-refractivity contribution in [2.75, 3.05) is 38.4 Å². The summed E-state index contributed by atoms with van der Waals surface area (Å²) in [6.07, 6.45) is 1.60. The van der Waals surface area contributed by atoms with Crippen LogP contribution in [0.5, 0.6) is 23.0 Å². The van der Waals surface area contributed by atoms with Crippen molar-refractivity contribution in [3.8, 4) is 23.0 Å². The first-order chi connectivity index (χ1) is 16.0. The van der Waals surface area contributed by atoms with Crippen LogP contribution in [0.25, 0.3) is 0 Å². The third-order valence-electron chi connectivity index (χ3n) is 4.81. The molecule has 0 bridgehead atoms. The number of nitrogens with zero attached hydrogens (tertiary/aromatic N) is 2. The topological polar surface area (TPSA) is 94.6 Å². The Labute approximate surface area is 192 Å². The predicted molar refractivity (Wildman–Crippen MR) is 121 cm³/mol. The van der Waals surface area contributed by atoms with Crippen LogP contribution in [0.2, 0.25) is 0 Å². The number of urea groups is 1. The maximum absolute atomic E-state index is 12.9. The fourth-order valence-electron chi connectivity index (χ4n) is 3.15. The molecule has 33 heavy (non-hydrogen) atoms. The van der Waals surface area contributed by atoms with E-state index >= 15 is 0 Å². The molecule has 0 spiro atoms. The largest absolute Gasteiger partial charge is 0.497 e. The smallest absolute Gasteiger partial charge is 0.339 e. The number of carbonyl (C=O) groups is 3. The van der Waals surface area contributed by atoms with E-state index in [-0.39, 0.29) is 18.8 Å². The first-order valence-corrected chi connectivity index (χ1v) is 10.9. The van der Waals surface area contributed by atoms with Crippen LogP contribution in [0.15, 0.2) is 42.5 Å². The Kier molecular flexibility index (Phi) is 8.12. The number of rotatable bonds is 12. The summed E-state index contributed by atoms with van der Waals surface area (Å²) in [6.45, 7) is 4.88. The normalized spacial score (nSPS) is 13.5. The second kappa shape index (κ2) is 11.2. The number of imide groups is 2. The molecule has 3 rings (SSSR count). The second-order valence-electron chi connectivity index (χ2n) is 7.23. The molecule has 9 nitrogen and oxygen atoms in total. The van der Waals surface area contributed by atoms with Crippen LogP contribution in [0, 0.1) is 0 Å². The Hall–Kier alpha value is -3.75. The molecule has 0 N–H and O–H groups in total. The first kappa shape index (κ1) is 23.9. The van der Waals surface area contributed by atoms with Gasteiger partial charge in [-0.15, -0.1) is 0 Å². The lowest BCUT2D eigenvalue weighted by atomic mass is 10.2. The molecule has 1 heterocycles. The van der Waals surface area contributed by atoms with Gasteiger partial charge < -0.3 is 18.9 Å². The minimum Gasteiger partial charge on any atom is -0.497 e. The van der Waals surface area contributed by atoms with E-state index in [1.54, 1.807) is 49.6 Å². The van der Waals surface area contributed by atoms with E-state index in [1.165, 1.54) is 0 Å². The zero-order valence-electron chi connectivity index (χ0n) is 19.0. The highest BCUT2D eigenvalue weighted by molar-refractivity contribution is 6.52. The van der Waals surface area contributed by atoms with Gasteiger partial charge in [0.05, 0.1) is 32.6 Å². The molecule has 0 aromatic heterocycles. The zero-order valence-corrected chi connectivity index (χ0v) is 19.0. The van der Waals surface area contributed by atoms with Crippen LogP contribution in [0.3, 0.4) is 0 Å². The van der Waals surface area contributed by atoms with E-state index in [0.29, 0.717) is 36.2 Å². The van der Waals surface area contributed by atoms with Crippen LogP contribution < -0.4 is 23.8 Å². The van der Waals surface area contributed by atoms with Crippen molar-refractivity contribution >= 4 is 23.5 Å². The average molecular weight is 456 g/mol. The molecule has 1 saturated heterocycles. The van der Waals surface area contributed by atoms with Crippen LogP contribution in [0.4, 0.5) is 10.5 Å². The summed E-state index contributed by atoms with van der Waals surface area (Å²) < 4.78 is 22.1. The molecule has 4 amide bonds. The molecule has 1 aliphatic heterocycles. The van der Waals surface area contributed by atoms with E-state index in [2.05, 4.69) is 0 Å². The van der Waals surface area contributed by atoms with Crippen molar-refractivity contribution in [2.24, 2.45) is 0 Å². The number of hydrogen-bond acceptors (Lipinski definition) is 7. The number of anilines is 1. The monoisotopic (exact) mass is 456 g/mol. The van der Waals surface area contributed by atoms with Crippen LogP contribution in [0.1, 0.15) is 26.7 Å². The Morgan fingerprint density at radius 2 is 1.36 bits per heavy atom. The zero-order chi connectivity index (χ0) is 23.8. The highest BCUT2D eigenvalue weighted by atomic mass is 16.5. The third-order valence-corrected chi connectivity index (χ3v) is 4.81. The van der Waals surface area contributed by atoms with E-state index in [0.717, 1.165) is 22.6 Å². The van der Waals surface area contributed by atoms with Gasteiger partial charge in [-0.05, 0) is 49.2 Å². The van der Waals surface area contributed by atoms with Gasteiger partial charge >= 0.3 is 17.8 Å². The highest BCUT2D eigenvalue weighted by Crippen LogP contribution is 2.34. The van der Waals surface area contributed by atoms with Crippen molar-refractivity contribution in [1.29, 1.82) is 0 Å². The average Bonchev–Trinajstić information content (AvgIpc) is 3.05. The predicted octanol–water partition coefficient (Wildman–Crippen LogP) is 3.65. The summed E-state index contributed by atoms with van der Waals surface area (Å²) in [4.78, 5) is 39.7. The van der Waals surface area contributed by atoms with Gasteiger partial charge in [-0.3, -0.25) is 14.5 Å². The molecule has 2 aromatic carbocycles. The van der Waals surface area contributed by atoms with Crippen molar-refractivity contribution < 1.29 is 33.3 Å². The minimum atomic E-state index is -0.923. The molecule has 1 fully saturated rings. The Morgan fingerprint density at radius 1 is 0.727 bits per heavy atom. The molecule has 0 atom stereocenters. The highest BCUT2D eigenvalue weighted by Gasteiger charge is 2.45. The lowest BCUT2D eigenvalue weighted by molar-refractivity contribution is -0.139. The first-order valence-electron chi connectivity index (χ1n) is 10.9. The van der Waals surface area contributed by atoms with Gasteiger partial charge in [0.2, 0.25) is 0 Å². The second-order valence-corrected chi connectivity index (χ2v) is 7.23. The molecular weight excluding hydrogens is 428 g/mol. The lowest BCUT2D eigenvalue weighted by Crippen LogP contribution is -2.36. The van der Waals surface area contributed by atoms with Crippen molar-refractivity contribution in [2.45, 2.75) is 26.7 Å². The molecule has 1 aliphatic rings. The van der Waals surface area contributed by atoms with Crippen molar-refractivity contribution in [3.63, 3.8) is 0 Å². The molecule has 176 valence electrons. The maximum Gasteiger partial charge on any atom is 0.339 e. The summed E-state index contributed by atoms with van der Waals surface area (Å²) >= 11 is 0. The summed E-state index contributed by atoms with van der Waals surface area (Å²) in [7, 11) is 1.56. The van der Waals surface area contributed by atoms with Gasteiger partial charge in [-0.25, -0.2) is 9.69 Å². The summed E-state index contributed by atoms with van der Waals surface area (Å²) in [5.41, 5.74) is 0.242. The Bertz CT molecular complexity index is 991. The molecule has 0 radical (unpaired) electrons. The minimum absolute atomic E-state index is 0.0413. The number of hydrogen-bond donors (Lipinski definition) is 0. The standard InChI is InChI=1S/C24H28N2O7/c1-4-13-32-20-11-6-17(16-21(20)33-14-5-2)26-23(28)22(27)25(24(26)29)12-15-31-19-9-7-18(30-3)8-10-19/h6-11,16H,4-5,12-15H2,1-3H3. The van der Waals surface area contributed by atoms with Gasteiger partial charge in [0, 0.05) is 6.07 Å². The molecule has 0 unspecified atom stereocenters. The number of benzene rings is 2. The fourth-order valence-corrected chi connectivity index (χ4v) is 3.15. The number of carbonyl (C=O) groups excluding carboxylic acids is 3. The summed E-state index contributed by atoms with van der Waals surface area (Å²) in [5.74, 6) is 0.343. The van der Waals surface area contributed by atoms with E-state index in [4.69, 9.17) is 18.9 Å². The van der Waals surface area contributed by atoms with Crippen LogP contribution >= 0.6 is 0 Å². The van der Waals surface area contributed by atoms with Crippen LogP contribution in [-0.4, -0.2) is 56.2 Å². The van der Waals surface area contributed by atoms with E-state index in [1.807, 2.05) is 13.8 Å². The molecule has 2 aromatic rings. The SMILES string of the molecule is CCCOc1ccc(N2C(=O)C(=O)N(CCOc3ccc(OC)cc3)C2=O)cc1OCCC. The fraction of sp³-hybridized carbons (Fsp3) is 0.375. The number of amides is 4. The van der Waals surface area contributed by atoms with Gasteiger partial charge in [0.1, 0.15) is 18.1 Å². The van der Waals surface area contributed by atoms with Gasteiger partial charge in [-0.1, -0.05) is 13.8 Å². The molecule has 0 aliphatic carbocycles. The number of ether oxygens (including phenoxy) is 4. The van der Waals surface area contributed by atoms with Crippen molar-refractivity contribution in [1.82, 2.24) is 4.90 Å². The Morgan fingerprint density at radius 3 is 2.00 bits per heavy atom. The van der Waals surface area contributed by atoms with Crippen molar-refractivity contribution in [3.05, 3.63) is 42.5 Å². The Balaban J connectivity index is 1.71. The van der Waals surface area contributed by atoms with Gasteiger partial charge in [0.15, 0.2) is 11.5 Å². The number of methoxy groups -OCH3 is 1. The van der Waals surface area contributed by atoms with Gasteiger partial charge in [-0.2, -0.15) is 0 Å². The third kappa shape index (κ3) is 5.54. The maximum atomic E-state index is 12.9.